The molecule has 0 aliphatic rings. The first-order valence-corrected chi connectivity index (χ1v) is 5.36. The highest BCUT2D eigenvalue weighted by Crippen LogP contribution is 2.14. The summed E-state index contributed by atoms with van der Waals surface area (Å²) in [6.07, 6.45) is 1.55. The van der Waals surface area contributed by atoms with Gasteiger partial charge in [0, 0.05) is 22.6 Å². The predicted molar refractivity (Wildman–Crippen MR) is 68.6 cm³/mol. The first-order valence-electron chi connectivity index (χ1n) is 4.91. The molecule has 0 amide bonds. The molecule has 0 aliphatic carbocycles. The van der Waals surface area contributed by atoms with Gasteiger partial charge < -0.3 is 5.21 Å². The van der Waals surface area contributed by atoms with Crippen LogP contribution in [-0.2, 0) is 0 Å². The molecule has 0 unspecified atom stereocenters. The summed E-state index contributed by atoms with van der Waals surface area (Å²) < 4.78 is 0.850. The maximum Gasteiger partial charge on any atom is 0.216 e. The SMILES string of the molecule is [O-][N+](=Cc1ccccc1)c1ccc(S)cc1. The van der Waals surface area contributed by atoms with Crippen LogP contribution in [0.2, 0.25) is 0 Å². The maximum atomic E-state index is 11.8. The summed E-state index contributed by atoms with van der Waals surface area (Å²) in [6, 6.07) is 16.6. The molecule has 0 heterocycles. The Bertz CT molecular complexity index is 491. The Morgan fingerprint density at radius 1 is 0.938 bits per heavy atom. The fourth-order valence-electron chi connectivity index (χ4n) is 1.35. The molecule has 0 bridgehead atoms. The van der Waals surface area contributed by atoms with E-state index >= 15 is 0 Å². The van der Waals surface area contributed by atoms with Crippen LogP contribution in [-0.4, -0.2) is 11.0 Å². The molecule has 80 valence electrons. The van der Waals surface area contributed by atoms with E-state index in [9.17, 15) is 5.21 Å². The minimum Gasteiger partial charge on any atom is -0.618 e. The highest BCUT2D eigenvalue weighted by Gasteiger charge is 2.00. The Kier molecular flexibility index (Phi) is 3.27. The van der Waals surface area contributed by atoms with E-state index in [1.54, 1.807) is 30.5 Å². The molecule has 0 saturated carbocycles. The molecule has 2 nitrogen and oxygen atoms in total. The van der Waals surface area contributed by atoms with E-state index in [0.29, 0.717) is 5.69 Å². The van der Waals surface area contributed by atoms with Gasteiger partial charge in [0.1, 0.15) is 0 Å². The molecular formula is C13H11NOS. The van der Waals surface area contributed by atoms with Crippen molar-refractivity contribution in [2.45, 2.75) is 4.90 Å². The Morgan fingerprint density at radius 3 is 2.19 bits per heavy atom. The molecule has 0 radical (unpaired) electrons. The summed E-state index contributed by atoms with van der Waals surface area (Å²) in [4.78, 5) is 0.844. The lowest BCUT2D eigenvalue weighted by Gasteiger charge is -2.02. The molecule has 0 aromatic heterocycles. The average molecular weight is 229 g/mol. The van der Waals surface area contributed by atoms with Crippen molar-refractivity contribution in [3.05, 3.63) is 65.4 Å². The third kappa shape index (κ3) is 2.64. The van der Waals surface area contributed by atoms with Gasteiger partial charge in [-0.15, -0.1) is 12.6 Å². The Hall–Kier alpha value is -1.74. The Balaban J connectivity index is 2.28. The lowest BCUT2D eigenvalue weighted by molar-refractivity contribution is -0.354. The summed E-state index contributed by atoms with van der Waals surface area (Å²) in [5.41, 5.74) is 1.48. The maximum absolute atomic E-state index is 11.8. The van der Waals surface area contributed by atoms with Crippen molar-refractivity contribution in [1.29, 1.82) is 0 Å². The summed E-state index contributed by atoms with van der Waals surface area (Å²) in [6.45, 7) is 0. The monoisotopic (exact) mass is 229 g/mol. The van der Waals surface area contributed by atoms with Gasteiger partial charge in [0.25, 0.3) is 0 Å². The van der Waals surface area contributed by atoms with E-state index in [2.05, 4.69) is 12.6 Å². The molecule has 0 atom stereocenters. The van der Waals surface area contributed by atoms with Gasteiger partial charge >= 0.3 is 0 Å². The second-order valence-electron chi connectivity index (χ2n) is 3.38. The zero-order valence-electron chi connectivity index (χ0n) is 8.58. The topological polar surface area (TPSA) is 26.1 Å². The summed E-state index contributed by atoms with van der Waals surface area (Å²) >= 11 is 4.17. The number of nitrogens with zero attached hydrogens (tertiary/aromatic N) is 1. The van der Waals surface area contributed by atoms with Gasteiger partial charge in [-0.1, -0.05) is 18.2 Å². The van der Waals surface area contributed by atoms with Crippen molar-refractivity contribution in [3.63, 3.8) is 0 Å². The molecule has 16 heavy (non-hydrogen) atoms. The van der Waals surface area contributed by atoms with Gasteiger partial charge in [-0.3, -0.25) is 0 Å². The van der Waals surface area contributed by atoms with Crippen molar-refractivity contribution in [1.82, 2.24) is 0 Å². The van der Waals surface area contributed by atoms with E-state index in [1.165, 1.54) is 0 Å². The lowest BCUT2D eigenvalue weighted by Crippen LogP contribution is -1.98. The number of hydrogen-bond acceptors (Lipinski definition) is 2. The number of thiol groups is 1. The fourth-order valence-corrected chi connectivity index (χ4v) is 1.50. The molecule has 0 N–H and O–H groups in total. The van der Waals surface area contributed by atoms with Crippen molar-refractivity contribution < 1.29 is 4.74 Å². The predicted octanol–water partition coefficient (Wildman–Crippen LogP) is 3.24. The molecule has 2 aromatic carbocycles. The van der Waals surface area contributed by atoms with Crippen LogP contribution in [0.25, 0.3) is 0 Å². The minimum absolute atomic E-state index is 0.599. The quantitative estimate of drug-likeness (QED) is 0.276. The fraction of sp³-hybridized carbons (Fsp3) is 0. The van der Waals surface area contributed by atoms with E-state index in [-0.39, 0.29) is 0 Å². The number of hydrogen-bond donors (Lipinski definition) is 1. The first kappa shape index (κ1) is 10.8. The van der Waals surface area contributed by atoms with E-state index in [1.807, 2.05) is 30.3 Å². The zero-order chi connectivity index (χ0) is 11.4. The third-order valence-electron chi connectivity index (χ3n) is 2.17. The lowest BCUT2D eigenvalue weighted by atomic mass is 10.2. The zero-order valence-corrected chi connectivity index (χ0v) is 9.47. The highest BCUT2D eigenvalue weighted by molar-refractivity contribution is 7.80. The van der Waals surface area contributed by atoms with Crippen LogP contribution >= 0.6 is 12.6 Å². The van der Waals surface area contributed by atoms with Crippen LogP contribution in [0.5, 0.6) is 0 Å². The van der Waals surface area contributed by atoms with Crippen LogP contribution in [0.1, 0.15) is 5.56 Å². The summed E-state index contributed by atoms with van der Waals surface area (Å²) in [5.74, 6) is 0. The van der Waals surface area contributed by atoms with Gasteiger partial charge in [0.15, 0.2) is 6.21 Å². The second-order valence-corrected chi connectivity index (χ2v) is 3.90. The van der Waals surface area contributed by atoms with Crippen molar-refractivity contribution >= 4 is 24.5 Å². The largest absolute Gasteiger partial charge is 0.618 e. The molecule has 0 spiro atoms. The van der Waals surface area contributed by atoms with Crippen LogP contribution in [0, 0.1) is 5.21 Å². The highest BCUT2D eigenvalue weighted by atomic mass is 32.1. The van der Waals surface area contributed by atoms with E-state index in [4.69, 9.17) is 0 Å². The minimum atomic E-state index is 0.599. The number of rotatable bonds is 2. The molecule has 0 aliphatic heterocycles. The van der Waals surface area contributed by atoms with Crippen molar-refractivity contribution in [2.75, 3.05) is 0 Å². The first-order chi connectivity index (χ1) is 7.75. The normalized spacial score (nSPS) is 11.4. The Labute approximate surface area is 99.9 Å². The number of benzene rings is 2. The molecule has 2 aromatic rings. The second kappa shape index (κ2) is 4.86. The summed E-state index contributed by atoms with van der Waals surface area (Å²) in [5, 5.41) is 11.8. The Morgan fingerprint density at radius 2 is 1.56 bits per heavy atom. The molecule has 0 fully saturated rings. The van der Waals surface area contributed by atoms with Crippen LogP contribution in [0.3, 0.4) is 0 Å². The third-order valence-corrected chi connectivity index (χ3v) is 2.47. The van der Waals surface area contributed by atoms with Crippen LogP contribution < -0.4 is 0 Å². The van der Waals surface area contributed by atoms with Gasteiger partial charge in [0.2, 0.25) is 5.69 Å². The standard InChI is InChI=1S/C13H11NOS/c15-14(10-11-4-2-1-3-5-11)12-6-8-13(16)9-7-12/h1-10,16H. The van der Waals surface area contributed by atoms with Crippen molar-refractivity contribution in [2.24, 2.45) is 0 Å². The van der Waals surface area contributed by atoms with Gasteiger partial charge in [-0.05, 0) is 24.3 Å². The van der Waals surface area contributed by atoms with Crippen LogP contribution in [0.15, 0.2) is 59.5 Å². The van der Waals surface area contributed by atoms with Gasteiger partial charge in [0.05, 0.1) is 0 Å². The van der Waals surface area contributed by atoms with Crippen molar-refractivity contribution in [3.8, 4) is 0 Å². The summed E-state index contributed by atoms with van der Waals surface area (Å²) in [7, 11) is 0. The molecular weight excluding hydrogens is 218 g/mol. The molecule has 0 saturated heterocycles. The van der Waals surface area contributed by atoms with Gasteiger partial charge in [-0.25, -0.2) is 0 Å². The van der Waals surface area contributed by atoms with Crippen LogP contribution in [0.4, 0.5) is 5.69 Å². The molecule has 2 rings (SSSR count). The average Bonchev–Trinajstić information content (AvgIpc) is 2.31. The van der Waals surface area contributed by atoms with E-state index < -0.39 is 0 Å². The van der Waals surface area contributed by atoms with Gasteiger partial charge in [-0.2, -0.15) is 4.74 Å². The smallest absolute Gasteiger partial charge is 0.216 e. The molecule has 3 heteroatoms. The van der Waals surface area contributed by atoms with E-state index in [0.717, 1.165) is 15.2 Å².